The molecule has 2 amide bonds. The van der Waals surface area contributed by atoms with E-state index >= 15 is 0 Å². The van der Waals surface area contributed by atoms with Crippen molar-refractivity contribution in [1.29, 1.82) is 0 Å². The number of nitrogens with zero attached hydrogens (tertiary/aromatic N) is 4. The second kappa shape index (κ2) is 9.48. The molecule has 0 bridgehead atoms. The Morgan fingerprint density at radius 1 is 0.906 bits per heavy atom. The predicted molar refractivity (Wildman–Crippen MR) is 124 cm³/mol. The second-order valence-corrected chi connectivity index (χ2v) is 10.6. The minimum Gasteiger partial charge on any atom is -0.332 e. The summed E-state index contributed by atoms with van der Waals surface area (Å²) in [6.45, 7) is 3.65. The highest BCUT2D eigenvalue weighted by molar-refractivity contribution is 5.95. The fourth-order valence-corrected chi connectivity index (χ4v) is 6.48. The van der Waals surface area contributed by atoms with Gasteiger partial charge in [-0.2, -0.15) is 0 Å². The van der Waals surface area contributed by atoms with E-state index in [0.717, 1.165) is 55.3 Å². The van der Waals surface area contributed by atoms with E-state index < -0.39 is 0 Å². The molecular weight excluding hydrogens is 400 g/mol. The van der Waals surface area contributed by atoms with E-state index in [1.165, 1.54) is 57.8 Å². The molecule has 0 N–H and O–H groups in total. The summed E-state index contributed by atoms with van der Waals surface area (Å²) in [5.74, 6) is 3.19. The van der Waals surface area contributed by atoms with E-state index in [-0.39, 0.29) is 17.9 Å². The van der Waals surface area contributed by atoms with Crippen LogP contribution in [0.15, 0.2) is 0 Å². The van der Waals surface area contributed by atoms with E-state index in [0.29, 0.717) is 24.7 Å². The molecule has 0 spiro atoms. The first kappa shape index (κ1) is 21.8. The minimum absolute atomic E-state index is 0.0403. The van der Waals surface area contributed by atoms with Gasteiger partial charge in [0.25, 0.3) is 0 Å². The van der Waals surface area contributed by atoms with Crippen LogP contribution in [0.4, 0.5) is 5.82 Å². The van der Waals surface area contributed by atoms with E-state index in [9.17, 15) is 9.59 Å². The van der Waals surface area contributed by atoms with Crippen molar-refractivity contribution in [2.75, 3.05) is 18.0 Å². The molecule has 1 aromatic heterocycles. The van der Waals surface area contributed by atoms with Gasteiger partial charge < -0.3 is 4.90 Å². The average molecular weight is 439 g/mol. The first-order valence-corrected chi connectivity index (χ1v) is 13.1. The van der Waals surface area contributed by atoms with Gasteiger partial charge in [-0.1, -0.05) is 32.1 Å². The monoisotopic (exact) mass is 438 g/mol. The molecule has 0 aromatic carbocycles. The van der Waals surface area contributed by atoms with Gasteiger partial charge in [0.05, 0.1) is 6.04 Å². The fraction of sp³-hybridized carbons (Fsp3) is 0.769. The van der Waals surface area contributed by atoms with E-state index in [4.69, 9.17) is 9.97 Å². The highest BCUT2D eigenvalue weighted by Crippen LogP contribution is 2.37. The zero-order valence-electron chi connectivity index (χ0n) is 19.7. The van der Waals surface area contributed by atoms with Crippen molar-refractivity contribution in [2.24, 2.45) is 11.8 Å². The molecule has 174 valence electrons. The lowest BCUT2D eigenvalue weighted by molar-refractivity contribution is -0.133. The normalized spacial score (nSPS) is 24.9. The zero-order chi connectivity index (χ0) is 22.1. The van der Waals surface area contributed by atoms with Crippen LogP contribution in [0.3, 0.4) is 0 Å². The standard InChI is InChI=1S/C26H38N4O2/c1-18-21-13-14-23(31)30(17-20-10-3-2-4-11-20)26(21)28-25(27-18)22-12-7-15-29(22)24(32)16-19-8-5-6-9-19/h19-20,22H,2-17H2,1H3. The van der Waals surface area contributed by atoms with Gasteiger partial charge in [0.15, 0.2) is 5.82 Å². The van der Waals surface area contributed by atoms with Crippen molar-refractivity contribution < 1.29 is 9.59 Å². The van der Waals surface area contributed by atoms with Gasteiger partial charge in [-0.05, 0) is 63.7 Å². The maximum atomic E-state index is 13.1. The molecule has 2 aliphatic carbocycles. The molecule has 3 fully saturated rings. The molecule has 3 heterocycles. The number of amides is 2. The first-order chi connectivity index (χ1) is 15.6. The molecule has 2 aliphatic heterocycles. The minimum atomic E-state index is -0.0403. The van der Waals surface area contributed by atoms with Crippen molar-refractivity contribution in [1.82, 2.24) is 14.9 Å². The van der Waals surface area contributed by atoms with Crippen LogP contribution >= 0.6 is 0 Å². The number of aromatic nitrogens is 2. The molecule has 32 heavy (non-hydrogen) atoms. The molecule has 6 nitrogen and oxygen atoms in total. The SMILES string of the molecule is Cc1nc(C2CCCN2C(=O)CC2CCCC2)nc2c1CCC(=O)N2CC1CCCCC1. The Labute approximate surface area is 192 Å². The van der Waals surface area contributed by atoms with Gasteiger partial charge in [0.1, 0.15) is 5.82 Å². The van der Waals surface area contributed by atoms with Gasteiger partial charge in [0, 0.05) is 37.2 Å². The molecule has 1 aromatic rings. The predicted octanol–water partition coefficient (Wildman–Crippen LogP) is 4.89. The Morgan fingerprint density at radius 3 is 2.41 bits per heavy atom. The van der Waals surface area contributed by atoms with Crippen LogP contribution in [-0.2, 0) is 16.0 Å². The smallest absolute Gasteiger partial charge is 0.228 e. The summed E-state index contributed by atoms with van der Waals surface area (Å²) in [6, 6.07) is -0.0403. The third-order valence-corrected chi connectivity index (χ3v) is 8.33. The van der Waals surface area contributed by atoms with Gasteiger partial charge in [-0.15, -0.1) is 0 Å². The summed E-state index contributed by atoms with van der Waals surface area (Å²) < 4.78 is 0. The Morgan fingerprint density at radius 2 is 1.62 bits per heavy atom. The summed E-state index contributed by atoms with van der Waals surface area (Å²) in [5, 5.41) is 0. The maximum Gasteiger partial charge on any atom is 0.228 e. The number of aryl methyl sites for hydroxylation is 1. The van der Waals surface area contributed by atoms with Crippen LogP contribution in [0.1, 0.15) is 107 Å². The lowest BCUT2D eigenvalue weighted by Crippen LogP contribution is -2.41. The van der Waals surface area contributed by atoms with Gasteiger partial charge >= 0.3 is 0 Å². The quantitative estimate of drug-likeness (QED) is 0.657. The van der Waals surface area contributed by atoms with Crippen LogP contribution in [0.5, 0.6) is 0 Å². The number of hydrogen-bond donors (Lipinski definition) is 0. The van der Waals surface area contributed by atoms with Gasteiger partial charge in [0.2, 0.25) is 11.8 Å². The maximum absolute atomic E-state index is 13.1. The van der Waals surface area contributed by atoms with E-state index in [1.807, 2.05) is 9.80 Å². The largest absolute Gasteiger partial charge is 0.332 e. The number of rotatable bonds is 5. The summed E-state index contributed by atoms with van der Waals surface area (Å²) in [7, 11) is 0. The lowest BCUT2D eigenvalue weighted by atomic mass is 9.88. The molecule has 0 radical (unpaired) electrons. The molecule has 4 aliphatic rings. The summed E-state index contributed by atoms with van der Waals surface area (Å²) >= 11 is 0. The van der Waals surface area contributed by atoms with Crippen molar-refractivity contribution >= 4 is 17.6 Å². The summed E-state index contributed by atoms with van der Waals surface area (Å²) in [6.07, 6.45) is 15.1. The summed E-state index contributed by atoms with van der Waals surface area (Å²) in [5.41, 5.74) is 2.12. The molecule has 6 heteroatoms. The second-order valence-electron chi connectivity index (χ2n) is 10.6. The Kier molecular flexibility index (Phi) is 6.47. The molecule has 1 saturated heterocycles. The summed E-state index contributed by atoms with van der Waals surface area (Å²) in [4.78, 5) is 40.0. The number of carbonyl (C=O) groups is 2. The van der Waals surface area contributed by atoms with Crippen LogP contribution in [0, 0.1) is 18.8 Å². The van der Waals surface area contributed by atoms with Crippen LogP contribution in [0.25, 0.3) is 0 Å². The number of likely N-dealkylation sites (tertiary alicyclic amines) is 1. The van der Waals surface area contributed by atoms with E-state index in [2.05, 4.69) is 6.92 Å². The molecule has 2 saturated carbocycles. The topological polar surface area (TPSA) is 66.4 Å². The van der Waals surface area contributed by atoms with Crippen LogP contribution < -0.4 is 4.90 Å². The van der Waals surface area contributed by atoms with E-state index in [1.54, 1.807) is 0 Å². The number of hydrogen-bond acceptors (Lipinski definition) is 4. The zero-order valence-corrected chi connectivity index (χ0v) is 19.7. The number of fused-ring (bicyclic) bond motifs is 1. The van der Waals surface area contributed by atoms with Gasteiger partial charge in [-0.3, -0.25) is 14.5 Å². The molecule has 5 rings (SSSR count). The lowest BCUT2D eigenvalue weighted by Gasteiger charge is -2.34. The highest BCUT2D eigenvalue weighted by atomic mass is 16.2. The van der Waals surface area contributed by atoms with Crippen molar-refractivity contribution in [2.45, 2.75) is 103 Å². The van der Waals surface area contributed by atoms with Crippen LogP contribution in [0.2, 0.25) is 0 Å². The van der Waals surface area contributed by atoms with Crippen molar-refractivity contribution in [3.63, 3.8) is 0 Å². The third-order valence-electron chi connectivity index (χ3n) is 8.33. The fourth-order valence-electron chi connectivity index (χ4n) is 6.48. The highest BCUT2D eigenvalue weighted by Gasteiger charge is 2.36. The van der Waals surface area contributed by atoms with Crippen LogP contribution in [-0.4, -0.2) is 39.8 Å². The third kappa shape index (κ3) is 4.42. The average Bonchev–Trinajstić information content (AvgIpc) is 3.48. The Balaban J connectivity index is 1.39. The first-order valence-electron chi connectivity index (χ1n) is 13.1. The van der Waals surface area contributed by atoms with Crippen molar-refractivity contribution in [3.8, 4) is 0 Å². The Bertz CT molecular complexity index is 858. The van der Waals surface area contributed by atoms with Crippen molar-refractivity contribution in [3.05, 3.63) is 17.1 Å². The number of anilines is 1. The Hall–Kier alpha value is -1.98. The molecular formula is C26H38N4O2. The molecule has 1 unspecified atom stereocenters. The molecule has 1 atom stereocenters. The van der Waals surface area contributed by atoms with Gasteiger partial charge in [-0.25, -0.2) is 9.97 Å². The number of carbonyl (C=O) groups excluding carboxylic acids is 2.